The highest BCUT2D eigenvalue weighted by Crippen LogP contribution is 2.38. The van der Waals surface area contributed by atoms with E-state index in [1.807, 2.05) is 12.1 Å². The molecule has 0 bridgehead atoms. The van der Waals surface area contributed by atoms with Crippen LogP contribution in [0.1, 0.15) is 5.56 Å². The topological polar surface area (TPSA) is 91.7 Å². The third-order valence-corrected chi connectivity index (χ3v) is 6.78. The normalized spacial score (nSPS) is 11.0. The average molecular weight is 576 g/mol. The van der Waals surface area contributed by atoms with Crippen LogP contribution in [0.4, 0.5) is 5.13 Å². The number of carbonyl (C=O) groups is 1. The number of anilines is 1. The molecule has 3 aromatic carbocycles. The van der Waals surface area contributed by atoms with E-state index in [2.05, 4.69) is 10.1 Å². The molecule has 0 aliphatic rings. The number of nitrogens with zero attached hydrogens (tertiary/aromatic N) is 3. The van der Waals surface area contributed by atoms with Gasteiger partial charge in [0, 0.05) is 10.6 Å². The fourth-order valence-electron chi connectivity index (χ4n) is 3.42. The molecule has 0 saturated carbocycles. The first-order chi connectivity index (χ1) is 18.4. The van der Waals surface area contributed by atoms with E-state index in [-0.39, 0.29) is 11.6 Å². The van der Waals surface area contributed by atoms with E-state index in [0.717, 1.165) is 4.70 Å². The summed E-state index contributed by atoms with van der Waals surface area (Å²) in [4.78, 5) is 17.9. The first-order valence-electron chi connectivity index (χ1n) is 11.1. The van der Waals surface area contributed by atoms with E-state index in [0.29, 0.717) is 50.0 Å². The molecule has 0 spiro atoms. The predicted octanol–water partition coefficient (Wildman–Crippen LogP) is 6.08. The van der Waals surface area contributed by atoms with Crippen LogP contribution >= 0.6 is 34.5 Å². The highest BCUT2D eigenvalue weighted by Gasteiger charge is 2.21. The second-order valence-electron chi connectivity index (χ2n) is 7.60. The highest BCUT2D eigenvalue weighted by atomic mass is 35.5. The maximum Gasteiger partial charge on any atom is 0.287 e. The lowest BCUT2D eigenvalue weighted by molar-refractivity contribution is -0.120. The highest BCUT2D eigenvalue weighted by molar-refractivity contribution is 7.22. The predicted molar refractivity (Wildman–Crippen MR) is 149 cm³/mol. The summed E-state index contributed by atoms with van der Waals surface area (Å²) >= 11 is 13.4. The lowest BCUT2D eigenvalue weighted by Crippen LogP contribution is -2.30. The molecular weight excluding hydrogens is 553 g/mol. The average Bonchev–Trinajstić information content (AvgIpc) is 3.34. The summed E-state index contributed by atoms with van der Waals surface area (Å²) in [5.74, 6) is 1.83. The van der Waals surface area contributed by atoms with Gasteiger partial charge in [-0.05, 0) is 48.5 Å². The fraction of sp³-hybridized carbons (Fsp3) is 0.192. The van der Waals surface area contributed by atoms with Crippen LogP contribution in [0.2, 0.25) is 10.0 Å². The van der Waals surface area contributed by atoms with Crippen molar-refractivity contribution in [1.82, 2.24) is 4.98 Å². The molecule has 0 fully saturated rings. The van der Waals surface area contributed by atoms with E-state index >= 15 is 0 Å². The zero-order valence-corrected chi connectivity index (χ0v) is 23.2. The molecular formula is C26H23Cl2N3O6S. The zero-order chi connectivity index (χ0) is 27.2. The zero-order valence-electron chi connectivity index (χ0n) is 20.9. The number of ether oxygens (including phenoxy) is 5. The van der Waals surface area contributed by atoms with Crippen LogP contribution in [0.5, 0.6) is 28.7 Å². The summed E-state index contributed by atoms with van der Waals surface area (Å²) in [5, 5.41) is 6.69. The molecule has 9 nitrogen and oxygen atoms in total. The molecule has 1 heterocycles. The molecule has 4 rings (SSSR count). The van der Waals surface area contributed by atoms with Gasteiger partial charge in [-0.3, -0.25) is 4.79 Å². The van der Waals surface area contributed by atoms with Crippen molar-refractivity contribution < 1.29 is 28.5 Å². The number of rotatable bonds is 10. The van der Waals surface area contributed by atoms with Crippen molar-refractivity contribution in [3.63, 3.8) is 0 Å². The van der Waals surface area contributed by atoms with Crippen LogP contribution < -0.4 is 28.7 Å². The van der Waals surface area contributed by atoms with Gasteiger partial charge >= 0.3 is 0 Å². The quantitative estimate of drug-likeness (QED) is 0.167. The van der Waals surface area contributed by atoms with E-state index < -0.39 is 5.91 Å². The van der Waals surface area contributed by atoms with Gasteiger partial charge in [0.15, 0.2) is 18.1 Å². The Morgan fingerprint density at radius 3 is 2.32 bits per heavy atom. The van der Waals surface area contributed by atoms with Crippen molar-refractivity contribution >= 4 is 62.0 Å². The molecule has 0 saturated heterocycles. The van der Waals surface area contributed by atoms with Gasteiger partial charge in [-0.2, -0.15) is 10.1 Å². The number of aromatic nitrogens is 1. The SMILES string of the molecule is COc1ccc2nc(N(/N=C/c3cc(OC)c(OC)c(OC)c3)C(=O)COc3ccc(Cl)cc3Cl)sc2c1. The molecule has 1 amide bonds. The minimum absolute atomic E-state index is 0.282. The third kappa shape index (κ3) is 6.04. The van der Waals surface area contributed by atoms with Crippen LogP contribution in [0, 0.1) is 0 Å². The first-order valence-corrected chi connectivity index (χ1v) is 12.6. The van der Waals surface area contributed by atoms with E-state index in [9.17, 15) is 4.79 Å². The number of thiazole rings is 1. The minimum atomic E-state index is -0.481. The number of methoxy groups -OCH3 is 4. The second kappa shape index (κ2) is 12.2. The van der Waals surface area contributed by atoms with Gasteiger partial charge in [-0.25, -0.2) is 4.98 Å². The smallest absolute Gasteiger partial charge is 0.287 e. The van der Waals surface area contributed by atoms with E-state index in [1.54, 1.807) is 37.4 Å². The molecule has 0 aliphatic carbocycles. The first kappa shape index (κ1) is 27.3. The Morgan fingerprint density at radius 1 is 0.947 bits per heavy atom. The summed E-state index contributed by atoms with van der Waals surface area (Å²) in [6.07, 6.45) is 1.49. The van der Waals surface area contributed by atoms with E-state index in [1.165, 1.54) is 50.0 Å². The number of benzene rings is 3. The number of hydrazone groups is 1. The van der Waals surface area contributed by atoms with Gasteiger partial charge in [0.1, 0.15) is 11.5 Å². The van der Waals surface area contributed by atoms with Gasteiger partial charge in [0.25, 0.3) is 5.91 Å². The van der Waals surface area contributed by atoms with Crippen LogP contribution in [0.15, 0.2) is 53.6 Å². The lowest BCUT2D eigenvalue weighted by atomic mass is 10.2. The fourth-order valence-corrected chi connectivity index (χ4v) is 4.86. The summed E-state index contributed by atoms with van der Waals surface area (Å²) < 4.78 is 28.0. The molecule has 0 N–H and O–H groups in total. The largest absolute Gasteiger partial charge is 0.497 e. The summed E-state index contributed by atoms with van der Waals surface area (Å²) in [7, 11) is 6.13. The molecule has 1 aromatic heterocycles. The second-order valence-corrected chi connectivity index (χ2v) is 9.46. The Hall–Kier alpha value is -3.73. The standard InChI is InChI=1S/C26H23Cl2N3O6S/c1-33-17-6-7-19-23(12-17)38-26(30-19)31(24(32)14-37-20-8-5-16(27)11-18(20)28)29-13-15-9-21(34-2)25(36-4)22(10-15)35-3/h5-13H,14H2,1-4H3/b29-13+. The number of halogens is 2. The van der Waals surface area contributed by atoms with Crippen molar-refractivity contribution in [2.75, 3.05) is 40.1 Å². The third-order valence-electron chi connectivity index (χ3n) is 5.26. The van der Waals surface area contributed by atoms with Crippen molar-refractivity contribution in [2.24, 2.45) is 5.10 Å². The number of hydrogen-bond acceptors (Lipinski definition) is 9. The Bertz CT molecular complexity index is 1470. The molecule has 0 aliphatic heterocycles. The Labute approximate surface area is 233 Å². The maximum atomic E-state index is 13.4. The molecule has 38 heavy (non-hydrogen) atoms. The van der Waals surface area contributed by atoms with Crippen LogP contribution in [-0.2, 0) is 4.79 Å². The summed E-state index contributed by atoms with van der Waals surface area (Å²) in [5.41, 5.74) is 1.29. The van der Waals surface area contributed by atoms with Crippen molar-refractivity contribution in [2.45, 2.75) is 0 Å². The molecule has 0 unspecified atom stereocenters. The Kier molecular flexibility index (Phi) is 8.77. The summed E-state index contributed by atoms with van der Waals surface area (Å²) in [6.45, 7) is -0.354. The van der Waals surface area contributed by atoms with Crippen molar-refractivity contribution in [3.05, 3.63) is 64.1 Å². The van der Waals surface area contributed by atoms with Crippen molar-refractivity contribution in [1.29, 1.82) is 0 Å². The van der Waals surface area contributed by atoms with Crippen molar-refractivity contribution in [3.8, 4) is 28.7 Å². The van der Waals surface area contributed by atoms with Gasteiger partial charge in [-0.15, -0.1) is 0 Å². The Balaban J connectivity index is 1.69. The number of amides is 1. The van der Waals surface area contributed by atoms with E-state index in [4.69, 9.17) is 46.9 Å². The maximum absolute atomic E-state index is 13.4. The van der Waals surface area contributed by atoms with Gasteiger partial charge < -0.3 is 23.7 Å². The molecule has 4 aromatic rings. The summed E-state index contributed by atoms with van der Waals surface area (Å²) in [6, 6.07) is 13.6. The minimum Gasteiger partial charge on any atom is -0.497 e. The lowest BCUT2D eigenvalue weighted by Gasteiger charge is -2.16. The molecule has 198 valence electrons. The van der Waals surface area contributed by atoms with Gasteiger partial charge in [0.05, 0.1) is 49.9 Å². The monoisotopic (exact) mass is 575 g/mol. The molecule has 0 atom stereocenters. The molecule has 0 radical (unpaired) electrons. The number of fused-ring (bicyclic) bond motifs is 1. The van der Waals surface area contributed by atoms with Crippen LogP contribution in [-0.4, -0.2) is 52.2 Å². The van der Waals surface area contributed by atoms with Crippen LogP contribution in [0.3, 0.4) is 0 Å². The number of carbonyl (C=O) groups excluding carboxylic acids is 1. The van der Waals surface area contributed by atoms with Crippen LogP contribution in [0.25, 0.3) is 10.2 Å². The molecule has 12 heteroatoms. The Morgan fingerprint density at radius 2 is 1.68 bits per heavy atom. The van der Waals surface area contributed by atoms with Gasteiger partial charge in [-0.1, -0.05) is 34.5 Å². The number of hydrogen-bond donors (Lipinski definition) is 0. The van der Waals surface area contributed by atoms with Gasteiger partial charge in [0.2, 0.25) is 10.9 Å².